The molecule has 2 aliphatic rings. The minimum atomic E-state index is -2.08. The van der Waals surface area contributed by atoms with Gasteiger partial charge in [0.15, 0.2) is 0 Å². The molecule has 4 N–H and O–H groups in total. The van der Waals surface area contributed by atoms with E-state index < -0.39 is 35.1 Å². The van der Waals surface area contributed by atoms with Crippen LogP contribution in [-0.4, -0.2) is 115 Å². The Kier molecular flexibility index (Phi) is 10.6. The van der Waals surface area contributed by atoms with Crippen molar-refractivity contribution in [3.05, 3.63) is 24.7 Å². The van der Waals surface area contributed by atoms with Crippen LogP contribution in [0.3, 0.4) is 0 Å². The molecular formula is C12H14Na2O10. The Morgan fingerprint density at radius 3 is 1.00 bits per heavy atom. The van der Waals surface area contributed by atoms with E-state index in [0.29, 0.717) is 0 Å². The van der Waals surface area contributed by atoms with Crippen molar-refractivity contribution in [3.63, 3.8) is 0 Å². The molecule has 0 radical (unpaired) electrons. The molecule has 0 saturated carbocycles. The third kappa shape index (κ3) is 4.98. The van der Waals surface area contributed by atoms with Crippen LogP contribution in [0.2, 0.25) is 0 Å². The van der Waals surface area contributed by atoms with Crippen LogP contribution in [-0.2, 0) is 28.7 Å². The Labute approximate surface area is 179 Å². The summed E-state index contributed by atoms with van der Waals surface area (Å²) in [6, 6.07) is 0. The normalized spacial score (nSPS) is 17.7. The van der Waals surface area contributed by atoms with Gasteiger partial charge in [-0.15, -0.1) is 0 Å². The fourth-order valence-corrected chi connectivity index (χ4v) is 1.59. The first kappa shape index (κ1) is 25.2. The van der Waals surface area contributed by atoms with Crippen molar-refractivity contribution in [2.24, 2.45) is 0 Å². The summed E-state index contributed by atoms with van der Waals surface area (Å²) in [5.41, 5.74) is -4.17. The van der Waals surface area contributed by atoms with E-state index in [-0.39, 0.29) is 72.0 Å². The van der Waals surface area contributed by atoms with Crippen LogP contribution in [0.15, 0.2) is 24.7 Å². The summed E-state index contributed by atoms with van der Waals surface area (Å²) in [5.74, 6) is -5.91. The van der Waals surface area contributed by atoms with E-state index in [2.05, 4.69) is 9.47 Å². The third-order valence-corrected chi connectivity index (χ3v) is 2.92. The molecule has 0 aromatic heterocycles. The molecule has 0 aromatic carbocycles. The van der Waals surface area contributed by atoms with Crippen LogP contribution in [0.5, 0.6) is 0 Å². The van der Waals surface area contributed by atoms with Crippen LogP contribution < -0.4 is 0 Å². The Morgan fingerprint density at radius 1 is 0.667 bits per heavy atom. The summed E-state index contributed by atoms with van der Waals surface area (Å²) in [7, 11) is 0. The molecule has 0 aliphatic carbocycles. The summed E-state index contributed by atoms with van der Waals surface area (Å²) in [6.07, 6.45) is 4.64. The van der Waals surface area contributed by atoms with E-state index in [1.54, 1.807) is 0 Å². The van der Waals surface area contributed by atoms with Gasteiger partial charge in [0.25, 0.3) is 0 Å². The summed E-state index contributed by atoms with van der Waals surface area (Å²) in [4.78, 5) is 41.7. The van der Waals surface area contributed by atoms with Gasteiger partial charge in [-0.2, -0.15) is 0 Å². The molecule has 0 saturated heterocycles. The Bertz CT molecular complexity index is 470. The Hall–Kier alpha value is -1.04. The van der Waals surface area contributed by atoms with Gasteiger partial charge < -0.3 is 29.9 Å². The summed E-state index contributed by atoms with van der Waals surface area (Å²) in [6.45, 7) is 0. The zero-order valence-corrected chi connectivity index (χ0v) is 11.0. The van der Waals surface area contributed by atoms with Crippen molar-refractivity contribution in [1.82, 2.24) is 0 Å². The van der Waals surface area contributed by atoms with Gasteiger partial charge in [-0.1, -0.05) is 0 Å². The second-order valence-corrected chi connectivity index (χ2v) is 4.26. The summed E-state index contributed by atoms with van der Waals surface area (Å²) >= 11 is 0. The quantitative estimate of drug-likeness (QED) is 0.335. The fraction of sp³-hybridized carbons (Fsp3) is 0.333. The van der Waals surface area contributed by atoms with Crippen LogP contribution >= 0.6 is 0 Å². The average molecular weight is 364 g/mol. The van der Waals surface area contributed by atoms with Gasteiger partial charge in [0.2, 0.25) is 0 Å². The molecule has 124 valence electrons. The molecule has 10 nitrogen and oxygen atoms in total. The van der Waals surface area contributed by atoms with Crippen molar-refractivity contribution in [3.8, 4) is 0 Å². The molecule has 0 spiro atoms. The molecule has 0 bridgehead atoms. The topological polar surface area (TPSA) is 168 Å². The van der Waals surface area contributed by atoms with Gasteiger partial charge in [0.1, 0.15) is 0 Å². The molecule has 0 unspecified atom stereocenters. The molecule has 0 atom stereocenters. The van der Waals surface area contributed by atoms with E-state index >= 15 is 0 Å². The number of carboxylic acids is 4. The number of aliphatic carboxylic acids is 4. The molecule has 2 aliphatic heterocycles. The van der Waals surface area contributed by atoms with Crippen LogP contribution in [0.25, 0.3) is 0 Å². The molecular weight excluding hydrogens is 350 g/mol. The molecule has 0 fully saturated rings. The number of rotatable bonds is 4. The zero-order chi connectivity index (χ0) is 17.0. The van der Waals surface area contributed by atoms with Crippen molar-refractivity contribution >= 4 is 83.0 Å². The third-order valence-electron chi connectivity index (χ3n) is 2.92. The van der Waals surface area contributed by atoms with Crippen LogP contribution in [0, 0.1) is 0 Å². The van der Waals surface area contributed by atoms with Gasteiger partial charge in [-0.3, -0.25) is 0 Å². The van der Waals surface area contributed by atoms with Crippen molar-refractivity contribution in [2.75, 3.05) is 0 Å². The molecule has 0 aromatic rings. The van der Waals surface area contributed by atoms with Gasteiger partial charge in [0.05, 0.1) is 12.5 Å². The second-order valence-electron chi connectivity index (χ2n) is 4.26. The monoisotopic (exact) mass is 364 g/mol. The first-order valence-electron chi connectivity index (χ1n) is 5.78. The molecule has 24 heavy (non-hydrogen) atoms. The minimum absolute atomic E-state index is 0. The van der Waals surface area contributed by atoms with E-state index in [0.717, 1.165) is 12.5 Å². The van der Waals surface area contributed by atoms with Crippen molar-refractivity contribution in [1.29, 1.82) is 0 Å². The Morgan fingerprint density at radius 2 is 0.917 bits per heavy atom. The molecule has 2 rings (SSSR count). The number of hydrogen-bond acceptors (Lipinski definition) is 6. The van der Waals surface area contributed by atoms with Gasteiger partial charge in [-0.05, 0) is 12.2 Å². The first-order valence-corrected chi connectivity index (χ1v) is 5.78. The van der Waals surface area contributed by atoms with Crippen molar-refractivity contribution < 1.29 is 49.1 Å². The van der Waals surface area contributed by atoms with E-state index in [4.69, 9.17) is 20.4 Å². The van der Waals surface area contributed by atoms with Crippen molar-refractivity contribution in [2.45, 2.75) is 24.0 Å². The maximum atomic E-state index is 10.4. The fourth-order valence-electron chi connectivity index (χ4n) is 1.59. The van der Waals surface area contributed by atoms with Crippen LogP contribution in [0.1, 0.15) is 12.8 Å². The standard InChI is InChI=1S/2C6H6O5.2Na.2H/c2*7-4(8)6(5(9)10)2-1-3-11-6;;;;/h2*1,3H,2H2,(H,7,8)(H,9,10);;;;. The van der Waals surface area contributed by atoms with Crippen LogP contribution in [0.4, 0.5) is 0 Å². The number of carbonyl (C=O) groups is 4. The van der Waals surface area contributed by atoms with E-state index in [1.807, 2.05) is 0 Å². The first-order chi connectivity index (χ1) is 10.2. The number of hydrogen-bond donors (Lipinski definition) is 4. The van der Waals surface area contributed by atoms with E-state index in [1.165, 1.54) is 12.2 Å². The van der Waals surface area contributed by atoms with Gasteiger partial charge in [-0.25, -0.2) is 19.2 Å². The van der Waals surface area contributed by atoms with Gasteiger partial charge >= 0.3 is 94.2 Å². The number of carboxylic acid groups (broad SMARTS) is 4. The predicted molar refractivity (Wildman–Crippen MR) is 80.0 cm³/mol. The Balaban J connectivity index is 0. The molecule has 12 heteroatoms. The van der Waals surface area contributed by atoms with E-state index in [9.17, 15) is 19.2 Å². The summed E-state index contributed by atoms with van der Waals surface area (Å²) in [5, 5.41) is 34.0. The average Bonchev–Trinajstić information content (AvgIpc) is 3.10. The molecule has 2 heterocycles. The maximum absolute atomic E-state index is 10.4. The zero-order valence-electron chi connectivity index (χ0n) is 11.0. The molecule has 0 amide bonds. The predicted octanol–water partition coefficient (Wildman–Crippen LogP) is -1.64. The summed E-state index contributed by atoms with van der Waals surface area (Å²) < 4.78 is 8.97. The number of ether oxygens (including phenoxy) is 2. The van der Waals surface area contributed by atoms with Gasteiger partial charge in [0, 0.05) is 12.8 Å². The SMILES string of the molecule is O=C(O)C1(C(=O)O)CC=CO1.O=C(O)C1(C(=O)O)CC=CO1.[NaH].[NaH]. The second kappa shape index (κ2) is 10.1.